The van der Waals surface area contributed by atoms with Crippen molar-refractivity contribution in [2.75, 3.05) is 6.61 Å². The highest BCUT2D eigenvalue weighted by atomic mass is 16.6. The molecular formula is C10H16O4. The van der Waals surface area contributed by atoms with Gasteiger partial charge < -0.3 is 9.47 Å². The van der Waals surface area contributed by atoms with E-state index in [2.05, 4.69) is 0 Å². The lowest BCUT2D eigenvalue weighted by atomic mass is 10.1. The highest BCUT2D eigenvalue weighted by Gasteiger charge is 2.18. The molecule has 0 amide bonds. The van der Waals surface area contributed by atoms with Crippen LogP contribution in [0.3, 0.4) is 0 Å². The Morgan fingerprint density at radius 3 is 3.07 bits per heavy atom. The topological polar surface area (TPSA) is 52.6 Å². The summed E-state index contributed by atoms with van der Waals surface area (Å²) in [6.45, 7) is 1.71. The summed E-state index contributed by atoms with van der Waals surface area (Å²) in [6, 6.07) is 0. The molecule has 4 heteroatoms. The van der Waals surface area contributed by atoms with Gasteiger partial charge in [0.2, 0.25) is 0 Å². The first-order valence-corrected chi connectivity index (χ1v) is 5.01. The fraction of sp³-hybridized carbons (Fsp3) is 0.800. The van der Waals surface area contributed by atoms with Crippen molar-refractivity contribution < 1.29 is 19.1 Å². The summed E-state index contributed by atoms with van der Waals surface area (Å²) in [7, 11) is 0. The molecule has 0 N–H and O–H groups in total. The smallest absolute Gasteiger partial charge is 0.306 e. The highest BCUT2D eigenvalue weighted by molar-refractivity contribution is 5.69. The monoisotopic (exact) mass is 200 g/mol. The molecule has 0 radical (unpaired) electrons. The molecule has 80 valence electrons. The van der Waals surface area contributed by atoms with Crippen molar-refractivity contribution >= 4 is 11.9 Å². The van der Waals surface area contributed by atoms with Crippen LogP contribution >= 0.6 is 0 Å². The van der Waals surface area contributed by atoms with Gasteiger partial charge in [-0.1, -0.05) is 0 Å². The maximum Gasteiger partial charge on any atom is 0.306 e. The van der Waals surface area contributed by atoms with Gasteiger partial charge in [-0.3, -0.25) is 9.59 Å². The SMILES string of the molecule is CC(=O)OCCC1CCCCC(=O)O1. The van der Waals surface area contributed by atoms with Crippen LogP contribution in [0.25, 0.3) is 0 Å². The third-order valence-corrected chi connectivity index (χ3v) is 2.20. The summed E-state index contributed by atoms with van der Waals surface area (Å²) in [6.07, 6.45) is 3.87. The van der Waals surface area contributed by atoms with Gasteiger partial charge >= 0.3 is 11.9 Å². The molecule has 0 aromatic heterocycles. The Morgan fingerprint density at radius 1 is 1.57 bits per heavy atom. The molecule has 1 aliphatic rings. The minimum atomic E-state index is -0.287. The minimum absolute atomic E-state index is 0.0654. The third-order valence-electron chi connectivity index (χ3n) is 2.20. The van der Waals surface area contributed by atoms with Gasteiger partial charge in [0.1, 0.15) is 6.10 Å². The lowest BCUT2D eigenvalue weighted by Gasteiger charge is -2.14. The van der Waals surface area contributed by atoms with Gasteiger partial charge in [0.15, 0.2) is 0 Å². The van der Waals surface area contributed by atoms with Crippen LogP contribution in [0, 0.1) is 0 Å². The predicted octanol–water partition coefficient (Wildman–Crippen LogP) is 1.43. The van der Waals surface area contributed by atoms with Crippen molar-refractivity contribution in [2.45, 2.75) is 45.1 Å². The molecule has 0 aromatic carbocycles. The van der Waals surface area contributed by atoms with Crippen molar-refractivity contribution in [3.05, 3.63) is 0 Å². The van der Waals surface area contributed by atoms with Crippen LogP contribution in [0.15, 0.2) is 0 Å². The van der Waals surface area contributed by atoms with Crippen LogP contribution < -0.4 is 0 Å². The second-order valence-corrected chi connectivity index (χ2v) is 3.49. The molecule has 1 fully saturated rings. The summed E-state index contributed by atoms with van der Waals surface area (Å²) < 4.78 is 9.95. The van der Waals surface area contributed by atoms with E-state index in [-0.39, 0.29) is 18.0 Å². The minimum Gasteiger partial charge on any atom is -0.466 e. The molecule has 1 unspecified atom stereocenters. The van der Waals surface area contributed by atoms with E-state index in [1.807, 2.05) is 0 Å². The average Bonchev–Trinajstić information content (AvgIpc) is 2.29. The van der Waals surface area contributed by atoms with Crippen molar-refractivity contribution in [1.82, 2.24) is 0 Å². The lowest BCUT2D eigenvalue weighted by Crippen LogP contribution is -2.18. The number of ether oxygens (including phenoxy) is 2. The van der Waals surface area contributed by atoms with Gasteiger partial charge in [-0.05, 0) is 19.3 Å². The number of carbonyl (C=O) groups excluding carboxylic acids is 2. The van der Waals surface area contributed by atoms with E-state index in [0.717, 1.165) is 19.3 Å². The molecule has 0 aliphatic carbocycles. The molecule has 1 saturated heterocycles. The van der Waals surface area contributed by atoms with Gasteiger partial charge in [-0.2, -0.15) is 0 Å². The van der Waals surface area contributed by atoms with Crippen molar-refractivity contribution in [3.8, 4) is 0 Å². The zero-order chi connectivity index (χ0) is 10.4. The maximum absolute atomic E-state index is 11.1. The van der Waals surface area contributed by atoms with E-state index in [0.29, 0.717) is 19.4 Å². The number of carbonyl (C=O) groups is 2. The van der Waals surface area contributed by atoms with E-state index >= 15 is 0 Å². The van der Waals surface area contributed by atoms with Crippen LogP contribution in [-0.2, 0) is 19.1 Å². The fourth-order valence-electron chi connectivity index (χ4n) is 1.48. The number of hydrogen-bond acceptors (Lipinski definition) is 4. The molecule has 14 heavy (non-hydrogen) atoms. The van der Waals surface area contributed by atoms with Crippen LogP contribution in [0.5, 0.6) is 0 Å². The Kier molecular flexibility index (Phi) is 4.43. The van der Waals surface area contributed by atoms with Gasteiger partial charge in [-0.25, -0.2) is 0 Å². The van der Waals surface area contributed by atoms with E-state index in [4.69, 9.17) is 9.47 Å². The summed E-state index contributed by atoms with van der Waals surface area (Å²) in [5, 5.41) is 0. The molecule has 0 saturated carbocycles. The van der Waals surface area contributed by atoms with Crippen molar-refractivity contribution in [3.63, 3.8) is 0 Å². The molecule has 4 nitrogen and oxygen atoms in total. The molecule has 0 spiro atoms. The largest absolute Gasteiger partial charge is 0.466 e. The van der Waals surface area contributed by atoms with Gasteiger partial charge in [0, 0.05) is 19.8 Å². The van der Waals surface area contributed by atoms with Gasteiger partial charge in [-0.15, -0.1) is 0 Å². The molecule has 0 bridgehead atoms. The number of esters is 2. The van der Waals surface area contributed by atoms with Crippen LogP contribution in [-0.4, -0.2) is 24.6 Å². The van der Waals surface area contributed by atoms with Crippen LogP contribution in [0.4, 0.5) is 0 Å². The summed E-state index contributed by atoms with van der Waals surface area (Å²) in [4.78, 5) is 21.5. The van der Waals surface area contributed by atoms with E-state index in [1.165, 1.54) is 6.92 Å². The van der Waals surface area contributed by atoms with E-state index in [1.54, 1.807) is 0 Å². The summed E-state index contributed by atoms with van der Waals surface area (Å²) >= 11 is 0. The van der Waals surface area contributed by atoms with Crippen molar-refractivity contribution in [1.29, 1.82) is 0 Å². The first-order valence-electron chi connectivity index (χ1n) is 5.01. The Morgan fingerprint density at radius 2 is 2.36 bits per heavy atom. The van der Waals surface area contributed by atoms with Gasteiger partial charge in [0.05, 0.1) is 6.61 Å². The summed E-state index contributed by atoms with van der Waals surface area (Å²) in [5.41, 5.74) is 0. The standard InChI is InChI=1S/C10H16O4/c1-8(11)13-7-6-9-4-2-3-5-10(12)14-9/h9H,2-7H2,1H3. The van der Waals surface area contributed by atoms with Crippen molar-refractivity contribution in [2.24, 2.45) is 0 Å². The number of cyclic esters (lactones) is 1. The normalized spacial score (nSPS) is 22.4. The first-order chi connectivity index (χ1) is 6.68. The Labute approximate surface area is 83.6 Å². The molecule has 1 aliphatic heterocycles. The molecule has 1 rings (SSSR count). The number of rotatable bonds is 3. The van der Waals surface area contributed by atoms with E-state index < -0.39 is 0 Å². The average molecular weight is 200 g/mol. The Hall–Kier alpha value is -1.06. The molecule has 0 aromatic rings. The Bertz CT molecular complexity index is 212. The van der Waals surface area contributed by atoms with Crippen LogP contribution in [0.2, 0.25) is 0 Å². The fourth-order valence-corrected chi connectivity index (χ4v) is 1.48. The zero-order valence-corrected chi connectivity index (χ0v) is 8.45. The first kappa shape index (κ1) is 11.0. The Balaban J connectivity index is 2.21. The quantitative estimate of drug-likeness (QED) is 0.646. The number of hydrogen-bond donors (Lipinski definition) is 0. The second kappa shape index (κ2) is 5.62. The molecule has 1 heterocycles. The molecule has 1 atom stereocenters. The lowest BCUT2D eigenvalue weighted by molar-refractivity contribution is -0.149. The maximum atomic E-state index is 11.1. The van der Waals surface area contributed by atoms with E-state index in [9.17, 15) is 9.59 Å². The van der Waals surface area contributed by atoms with Gasteiger partial charge in [0.25, 0.3) is 0 Å². The summed E-state index contributed by atoms with van der Waals surface area (Å²) in [5.74, 6) is -0.416. The second-order valence-electron chi connectivity index (χ2n) is 3.49. The van der Waals surface area contributed by atoms with Crippen LogP contribution in [0.1, 0.15) is 39.0 Å². The highest BCUT2D eigenvalue weighted by Crippen LogP contribution is 2.16. The predicted molar refractivity (Wildman–Crippen MR) is 49.6 cm³/mol. The molecular weight excluding hydrogens is 184 g/mol. The zero-order valence-electron chi connectivity index (χ0n) is 8.45. The third kappa shape index (κ3) is 4.25.